The molecule has 0 radical (unpaired) electrons. The molecule has 0 spiro atoms. The number of rotatable bonds is 5. The lowest BCUT2D eigenvalue weighted by Crippen LogP contribution is -2.51. The van der Waals surface area contributed by atoms with Crippen molar-refractivity contribution < 1.29 is 13.2 Å². The Hall–Kier alpha value is -0.960. The highest BCUT2D eigenvalue weighted by Crippen LogP contribution is 2.27. The van der Waals surface area contributed by atoms with Crippen LogP contribution in [-0.4, -0.2) is 50.9 Å². The van der Waals surface area contributed by atoms with Gasteiger partial charge in [-0.2, -0.15) is 4.31 Å². The van der Waals surface area contributed by atoms with E-state index in [1.165, 1.54) is 11.3 Å². The largest absolute Gasteiger partial charge is 0.355 e. The van der Waals surface area contributed by atoms with Crippen LogP contribution in [0.15, 0.2) is 16.3 Å². The fraction of sp³-hybridized carbons (Fsp3) is 0.688. The molecule has 1 amide bonds. The minimum atomic E-state index is -3.43. The molecule has 1 aliphatic heterocycles. The van der Waals surface area contributed by atoms with Gasteiger partial charge in [0.05, 0.1) is 0 Å². The first-order valence-electron chi connectivity index (χ1n) is 8.22. The quantitative estimate of drug-likeness (QED) is 0.819. The zero-order valence-electron chi connectivity index (χ0n) is 14.8. The van der Waals surface area contributed by atoms with Gasteiger partial charge in [0.25, 0.3) is 10.0 Å². The van der Waals surface area contributed by atoms with Crippen molar-refractivity contribution in [2.24, 2.45) is 5.41 Å². The molecule has 1 fully saturated rings. The Kier molecular flexibility index (Phi) is 6.06. The van der Waals surface area contributed by atoms with Crippen LogP contribution in [0.5, 0.6) is 0 Å². The molecule has 24 heavy (non-hydrogen) atoms. The van der Waals surface area contributed by atoms with Crippen LogP contribution in [0.25, 0.3) is 0 Å². The van der Waals surface area contributed by atoms with Crippen molar-refractivity contribution in [1.82, 2.24) is 14.9 Å². The van der Waals surface area contributed by atoms with Gasteiger partial charge in [0.15, 0.2) is 0 Å². The topological polar surface area (TPSA) is 78.5 Å². The number of carbonyl (C=O) groups excluding carboxylic acids is 1. The van der Waals surface area contributed by atoms with E-state index in [9.17, 15) is 13.2 Å². The van der Waals surface area contributed by atoms with Crippen molar-refractivity contribution in [1.29, 1.82) is 0 Å². The Balaban J connectivity index is 1.98. The fourth-order valence-corrected chi connectivity index (χ4v) is 5.61. The smallest absolute Gasteiger partial charge is 0.252 e. The van der Waals surface area contributed by atoms with Gasteiger partial charge in [0.1, 0.15) is 4.21 Å². The number of amides is 1. The van der Waals surface area contributed by atoms with Crippen LogP contribution < -0.4 is 10.6 Å². The lowest BCUT2D eigenvalue weighted by molar-refractivity contribution is -0.128. The minimum Gasteiger partial charge on any atom is -0.355 e. The number of hydrogen-bond acceptors (Lipinski definition) is 5. The molecule has 136 valence electrons. The summed E-state index contributed by atoms with van der Waals surface area (Å²) in [5.74, 6) is 0.00143. The zero-order chi connectivity index (χ0) is 18.0. The third-order valence-corrected chi connectivity index (χ3v) is 7.60. The normalized spacial score (nSPS) is 20.1. The monoisotopic (exact) mass is 373 g/mol. The molecule has 0 bridgehead atoms. The molecule has 0 saturated carbocycles. The number of sulfonamides is 1. The van der Waals surface area contributed by atoms with Crippen molar-refractivity contribution >= 4 is 27.3 Å². The third-order valence-electron chi connectivity index (χ3n) is 3.98. The van der Waals surface area contributed by atoms with Crippen molar-refractivity contribution in [3.05, 3.63) is 17.0 Å². The molecule has 2 heterocycles. The van der Waals surface area contributed by atoms with E-state index in [1.807, 2.05) is 33.8 Å². The summed E-state index contributed by atoms with van der Waals surface area (Å²) < 4.78 is 27.5. The van der Waals surface area contributed by atoms with Crippen LogP contribution >= 0.6 is 11.3 Å². The summed E-state index contributed by atoms with van der Waals surface area (Å²) in [4.78, 5) is 12.8. The first kappa shape index (κ1) is 19.4. The summed E-state index contributed by atoms with van der Waals surface area (Å²) in [6.07, 6.45) is 0.638. The van der Waals surface area contributed by atoms with Gasteiger partial charge in [-0.1, -0.05) is 20.8 Å². The predicted octanol–water partition coefficient (Wildman–Crippen LogP) is 1.44. The van der Waals surface area contributed by atoms with Gasteiger partial charge in [-0.15, -0.1) is 11.3 Å². The van der Waals surface area contributed by atoms with Crippen molar-refractivity contribution in [3.63, 3.8) is 0 Å². The average molecular weight is 374 g/mol. The third kappa shape index (κ3) is 4.56. The van der Waals surface area contributed by atoms with E-state index in [4.69, 9.17) is 0 Å². The molecule has 2 N–H and O–H groups in total. The molecule has 0 aliphatic carbocycles. The SMILES string of the molecule is CC1CNCCN1S(=O)(=O)c1ccc(CCNC(=O)C(C)(C)C)s1. The van der Waals surface area contributed by atoms with Crippen molar-refractivity contribution in [3.8, 4) is 0 Å². The Labute approximate surface area is 148 Å². The number of piperazine rings is 1. The van der Waals surface area contributed by atoms with E-state index in [-0.39, 0.29) is 11.9 Å². The molecule has 1 aliphatic rings. The average Bonchev–Trinajstić information content (AvgIpc) is 2.96. The van der Waals surface area contributed by atoms with Crippen molar-refractivity contribution in [2.75, 3.05) is 26.2 Å². The van der Waals surface area contributed by atoms with Gasteiger partial charge >= 0.3 is 0 Å². The van der Waals surface area contributed by atoms with E-state index in [1.54, 1.807) is 10.4 Å². The number of nitrogens with zero attached hydrogens (tertiary/aromatic N) is 1. The van der Waals surface area contributed by atoms with Gasteiger partial charge in [0.2, 0.25) is 5.91 Å². The summed E-state index contributed by atoms with van der Waals surface area (Å²) in [6.45, 7) is 9.89. The van der Waals surface area contributed by atoms with E-state index >= 15 is 0 Å². The summed E-state index contributed by atoms with van der Waals surface area (Å²) in [7, 11) is -3.43. The second kappa shape index (κ2) is 7.51. The first-order chi connectivity index (χ1) is 11.1. The zero-order valence-corrected chi connectivity index (χ0v) is 16.4. The van der Waals surface area contributed by atoms with Gasteiger partial charge < -0.3 is 10.6 Å². The van der Waals surface area contributed by atoms with Gasteiger partial charge in [-0.25, -0.2) is 8.42 Å². The van der Waals surface area contributed by atoms with E-state index in [0.717, 1.165) is 4.88 Å². The standard InChI is InChI=1S/C16H27N3O3S2/c1-12-11-17-9-10-19(12)24(21,22)14-6-5-13(23-14)7-8-18-15(20)16(2,3)4/h5-6,12,17H,7-11H2,1-4H3,(H,18,20). The second-order valence-corrected chi connectivity index (χ2v) is 10.4. The van der Waals surface area contributed by atoms with Gasteiger partial charge in [-0.05, 0) is 25.5 Å². The fourth-order valence-electron chi connectivity index (χ4n) is 2.49. The lowest BCUT2D eigenvalue weighted by Gasteiger charge is -2.32. The van der Waals surface area contributed by atoms with Crippen LogP contribution in [0.1, 0.15) is 32.6 Å². The first-order valence-corrected chi connectivity index (χ1v) is 10.5. The van der Waals surface area contributed by atoms with E-state index in [0.29, 0.717) is 36.8 Å². The molecule has 6 nitrogen and oxygen atoms in total. The molecule has 0 aromatic carbocycles. The van der Waals surface area contributed by atoms with Gasteiger partial charge in [-0.3, -0.25) is 4.79 Å². The summed E-state index contributed by atoms with van der Waals surface area (Å²) >= 11 is 1.29. The highest BCUT2D eigenvalue weighted by atomic mass is 32.2. The molecule has 1 atom stereocenters. The van der Waals surface area contributed by atoms with Crippen LogP contribution in [0.2, 0.25) is 0 Å². The van der Waals surface area contributed by atoms with Crippen LogP contribution in [0.3, 0.4) is 0 Å². The van der Waals surface area contributed by atoms with Crippen LogP contribution in [0, 0.1) is 5.41 Å². The predicted molar refractivity (Wildman–Crippen MR) is 96.7 cm³/mol. The number of nitrogens with one attached hydrogen (secondary N) is 2. The number of hydrogen-bond donors (Lipinski definition) is 2. The molecule has 1 aromatic heterocycles. The molecule has 8 heteroatoms. The Morgan fingerprint density at radius 2 is 2.12 bits per heavy atom. The molecular formula is C16H27N3O3S2. The van der Waals surface area contributed by atoms with Crippen molar-refractivity contribution in [2.45, 2.75) is 44.4 Å². The van der Waals surface area contributed by atoms with Crippen LogP contribution in [0.4, 0.5) is 0 Å². The second-order valence-electron chi connectivity index (χ2n) is 7.15. The Morgan fingerprint density at radius 1 is 1.42 bits per heavy atom. The Bertz CT molecular complexity index is 677. The maximum Gasteiger partial charge on any atom is 0.252 e. The summed E-state index contributed by atoms with van der Waals surface area (Å²) in [5, 5.41) is 6.09. The van der Waals surface area contributed by atoms with Gasteiger partial charge in [0, 0.05) is 42.5 Å². The molecule has 2 rings (SSSR count). The van der Waals surface area contributed by atoms with Crippen LogP contribution in [-0.2, 0) is 21.2 Å². The molecule has 1 saturated heterocycles. The van der Waals surface area contributed by atoms with E-state index < -0.39 is 15.4 Å². The summed E-state index contributed by atoms with van der Waals surface area (Å²) in [5.41, 5.74) is -0.414. The Morgan fingerprint density at radius 3 is 2.75 bits per heavy atom. The molecule has 1 aromatic rings. The van der Waals surface area contributed by atoms with E-state index in [2.05, 4.69) is 10.6 Å². The highest BCUT2D eigenvalue weighted by molar-refractivity contribution is 7.91. The highest BCUT2D eigenvalue weighted by Gasteiger charge is 2.32. The molecular weight excluding hydrogens is 346 g/mol. The maximum absolute atomic E-state index is 12.8. The molecule has 1 unspecified atom stereocenters. The maximum atomic E-state index is 12.8. The summed E-state index contributed by atoms with van der Waals surface area (Å²) in [6, 6.07) is 3.48. The minimum absolute atomic E-state index is 0.00143. The number of thiophene rings is 1. The number of carbonyl (C=O) groups is 1. The lowest BCUT2D eigenvalue weighted by atomic mass is 9.96.